The molecule has 0 saturated heterocycles. The van der Waals surface area contributed by atoms with Crippen molar-refractivity contribution in [3.63, 3.8) is 0 Å². The molecule has 0 N–H and O–H groups in total. The summed E-state index contributed by atoms with van der Waals surface area (Å²) in [5.74, 6) is -0.612. The fourth-order valence-electron chi connectivity index (χ4n) is 5.34. The molecular formula is C25H22FN7O3S. The maximum absolute atomic E-state index is 14.1. The fraction of sp³-hybridized carbons (Fsp3) is 0.280. The lowest BCUT2D eigenvalue weighted by Crippen LogP contribution is -2.46. The van der Waals surface area contributed by atoms with Crippen molar-refractivity contribution < 1.29 is 17.6 Å². The van der Waals surface area contributed by atoms with Crippen LogP contribution in [0.5, 0.6) is 0 Å². The summed E-state index contributed by atoms with van der Waals surface area (Å²) in [7, 11) is -2.28. The number of ketones is 1. The zero-order chi connectivity index (χ0) is 25.8. The zero-order valence-corrected chi connectivity index (χ0v) is 20.6. The number of carbonyl (C=O) groups is 1. The van der Waals surface area contributed by atoms with Gasteiger partial charge in [0.1, 0.15) is 11.5 Å². The molecule has 0 amide bonds. The average molecular weight is 520 g/mol. The number of benzene rings is 1. The summed E-state index contributed by atoms with van der Waals surface area (Å²) in [5, 5.41) is 15.6. The standard InChI is InChI=1S/C25H22FN7O3S/c1-32-28-15-23(30-32)37(35,36)19-10-5-16-12-22-21(29-31-33(22)18-8-6-17(26)7-9-18)14-25(16,13-19)24(34)20-4-2-3-11-27-20/h2-4,6-9,11-12,15,19H,5,10,13-14H2,1H3/t19-,25+/m0/s1. The second-order valence-electron chi connectivity index (χ2n) is 9.36. The third kappa shape index (κ3) is 3.79. The van der Waals surface area contributed by atoms with Crippen LogP contribution in [0.2, 0.25) is 0 Å². The Bertz CT molecular complexity index is 1640. The van der Waals surface area contributed by atoms with Crippen LogP contribution >= 0.6 is 0 Å². The minimum Gasteiger partial charge on any atom is -0.291 e. The van der Waals surface area contributed by atoms with E-state index in [4.69, 9.17) is 0 Å². The highest BCUT2D eigenvalue weighted by atomic mass is 32.2. The lowest BCUT2D eigenvalue weighted by atomic mass is 9.62. The smallest absolute Gasteiger partial charge is 0.201 e. The number of hydrogen-bond acceptors (Lipinski definition) is 8. The van der Waals surface area contributed by atoms with Crippen molar-refractivity contribution in [2.75, 3.05) is 0 Å². The normalized spacial score (nSPS) is 21.1. The Morgan fingerprint density at radius 1 is 1.16 bits per heavy atom. The molecular weight excluding hydrogens is 497 g/mol. The first-order valence-electron chi connectivity index (χ1n) is 11.8. The van der Waals surface area contributed by atoms with E-state index >= 15 is 0 Å². The number of carbonyl (C=O) groups excluding carboxylic acids is 1. The largest absolute Gasteiger partial charge is 0.291 e. The number of allylic oxidation sites excluding steroid dienone is 1. The lowest BCUT2D eigenvalue weighted by molar-refractivity contribution is 0.0795. The molecule has 1 aromatic carbocycles. The Kier molecular flexibility index (Phi) is 5.37. The van der Waals surface area contributed by atoms with E-state index in [0.29, 0.717) is 29.9 Å². The summed E-state index contributed by atoms with van der Waals surface area (Å²) in [6.07, 6.45) is 5.62. The second-order valence-corrected chi connectivity index (χ2v) is 11.5. The number of rotatable bonds is 5. The van der Waals surface area contributed by atoms with Crippen LogP contribution in [0.1, 0.15) is 41.1 Å². The summed E-state index contributed by atoms with van der Waals surface area (Å²) in [4.78, 5) is 19.5. The first-order valence-corrected chi connectivity index (χ1v) is 13.3. The molecule has 188 valence electrons. The predicted molar refractivity (Wildman–Crippen MR) is 130 cm³/mol. The van der Waals surface area contributed by atoms with Crippen LogP contribution in [0.15, 0.2) is 65.5 Å². The van der Waals surface area contributed by atoms with Gasteiger partial charge in [-0.15, -0.1) is 10.2 Å². The molecule has 3 aromatic heterocycles. The molecule has 0 radical (unpaired) electrons. The van der Waals surface area contributed by atoms with Crippen molar-refractivity contribution >= 4 is 21.7 Å². The van der Waals surface area contributed by atoms with Crippen molar-refractivity contribution in [3.05, 3.63) is 83.3 Å². The van der Waals surface area contributed by atoms with Crippen LogP contribution in [0.4, 0.5) is 4.39 Å². The molecule has 6 rings (SSSR count). The van der Waals surface area contributed by atoms with Gasteiger partial charge in [0.15, 0.2) is 10.8 Å². The quantitative estimate of drug-likeness (QED) is 0.369. The third-order valence-electron chi connectivity index (χ3n) is 7.20. The molecule has 3 heterocycles. The highest BCUT2D eigenvalue weighted by molar-refractivity contribution is 7.92. The molecule has 2 aliphatic carbocycles. The molecule has 0 spiro atoms. The van der Waals surface area contributed by atoms with E-state index in [1.807, 2.05) is 6.08 Å². The first-order chi connectivity index (χ1) is 17.8. The number of aryl methyl sites for hydroxylation is 1. The molecule has 0 unspecified atom stereocenters. The Morgan fingerprint density at radius 2 is 1.97 bits per heavy atom. The van der Waals surface area contributed by atoms with E-state index in [9.17, 15) is 17.6 Å². The Hall–Kier alpha value is -4.06. The molecule has 0 aliphatic heterocycles. The SMILES string of the molecule is Cn1ncc(S(=O)(=O)[C@H]2CCC3=Cc4c(nnn4-c4ccc(F)cc4)C[C@]3(C(=O)c3ccccn3)C2)n1. The topological polar surface area (TPSA) is 126 Å². The predicted octanol–water partition coefficient (Wildman–Crippen LogP) is 2.77. The number of Topliss-reactive ketones (excluding diaryl/α,β-unsaturated/α-hetero) is 1. The fourth-order valence-corrected chi connectivity index (χ4v) is 7.04. The van der Waals surface area contributed by atoms with Crippen molar-refractivity contribution in [2.45, 2.75) is 36.0 Å². The van der Waals surface area contributed by atoms with E-state index in [0.717, 1.165) is 5.57 Å². The number of fused-ring (bicyclic) bond motifs is 2. The van der Waals surface area contributed by atoms with Gasteiger partial charge in [0.05, 0.1) is 33.9 Å². The summed E-state index contributed by atoms with van der Waals surface area (Å²) >= 11 is 0. The summed E-state index contributed by atoms with van der Waals surface area (Å²) < 4.78 is 42.1. The number of hydrogen-bond donors (Lipinski definition) is 0. The maximum atomic E-state index is 14.1. The minimum absolute atomic E-state index is 0.0655. The highest BCUT2D eigenvalue weighted by Gasteiger charge is 2.52. The summed E-state index contributed by atoms with van der Waals surface area (Å²) in [5.41, 5.74) is 1.82. The van der Waals surface area contributed by atoms with E-state index in [-0.39, 0.29) is 35.2 Å². The Morgan fingerprint density at radius 3 is 2.68 bits per heavy atom. The van der Waals surface area contributed by atoms with Crippen LogP contribution in [0.3, 0.4) is 0 Å². The number of pyridine rings is 1. The van der Waals surface area contributed by atoms with Gasteiger partial charge < -0.3 is 0 Å². The molecule has 2 atom stereocenters. The van der Waals surface area contributed by atoms with Crippen LogP contribution in [0, 0.1) is 11.2 Å². The monoisotopic (exact) mass is 519 g/mol. The van der Waals surface area contributed by atoms with Crippen LogP contribution in [0.25, 0.3) is 11.8 Å². The molecule has 1 saturated carbocycles. The van der Waals surface area contributed by atoms with Gasteiger partial charge in [-0.25, -0.2) is 17.5 Å². The van der Waals surface area contributed by atoms with Gasteiger partial charge in [-0.05, 0) is 61.7 Å². The van der Waals surface area contributed by atoms with Crippen molar-refractivity contribution in [2.24, 2.45) is 12.5 Å². The van der Waals surface area contributed by atoms with Crippen LogP contribution < -0.4 is 0 Å². The van der Waals surface area contributed by atoms with E-state index in [1.165, 1.54) is 23.1 Å². The Balaban J connectivity index is 1.45. The molecule has 10 nitrogen and oxygen atoms in total. The molecule has 37 heavy (non-hydrogen) atoms. The van der Waals surface area contributed by atoms with Gasteiger partial charge in [0.25, 0.3) is 0 Å². The molecule has 1 fully saturated rings. The molecule has 4 aromatic rings. The summed E-state index contributed by atoms with van der Waals surface area (Å²) in [6, 6.07) is 11.0. The van der Waals surface area contributed by atoms with Crippen LogP contribution in [-0.4, -0.2) is 54.4 Å². The van der Waals surface area contributed by atoms with Gasteiger partial charge in [0, 0.05) is 19.7 Å². The lowest BCUT2D eigenvalue weighted by Gasteiger charge is -2.42. The first kappa shape index (κ1) is 23.3. The van der Waals surface area contributed by atoms with E-state index < -0.39 is 20.5 Å². The zero-order valence-electron chi connectivity index (χ0n) is 19.8. The van der Waals surface area contributed by atoms with Gasteiger partial charge in [0.2, 0.25) is 9.84 Å². The number of halogens is 1. The molecule has 2 aliphatic rings. The van der Waals surface area contributed by atoms with Gasteiger partial charge in [-0.1, -0.05) is 16.9 Å². The van der Waals surface area contributed by atoms with Crippen molar-refractivity contribution in [1.29, 1.82) is 0 Å². The highest BCUT2D eigenvalue weighted by Crippen LogP contribution is 2.51. The van der Waals surface area contributed by atoms with E-state index in [1.54, 1.807) is 48.3 Å². The van der Waals surface area contributed by atoms with Gasteiger partial charge >= 0.3 is 0 Å². The maximum Gasteiger partial charge on any atom is 0.201 e. The minimum atomic E-state index is -3.84. The third-order valence-corrected chi connectivity index (χ3v) is 9.25. The number of sulfone groups is 1. The van der Waals surface area contributed by atoms with E-state index in [2.05, 4.69) is 25.5 Å². The van der Waals surface area contributed by atoms with Gasteiger partial charge in [-0.2, -0.15) is 9.90 Å². The van der Waals surface area contributed by atoms with Crippen molar-refractivity contribution in [3.8, 4) is 5.69 Å². The Labute approximate surface area is 211 Å². The molecule has 0 bridgehead atoms. The van der Waals surface area contributed by atoms with Crippen LogP contribution in [-0.2, 0) is 23.3 Å². The second kappa shape index (κ2) is 8.51. The molecule has 12 heteroatoms. The summed E-state index contributed by atoms with van der Waals surface area (Å²) in [6.45, 7) is 0. The average Bonchev–Trinajstić information content (AvgIpc) is 3.53. The number of nitrogens with zero attached hydrogens (tertiary/aromatic N) is 7. The van der Waals surface area contributed by atoms with Gasteiger partial charge in [-0.3, -0.25) is 9.78 Å². The number of aromatic nitrogens is 7. The van der Waals surface area contributed by atoms with Crippen molar-refractivity contribution in [1.82, 2.24) is 35.0 Å².